The van der Waals surface area contributed by atoms with Crippen molar-refractivity contribution in [3.63, 3.8) is 0 Å². The summed E-state index contributed by atoms with van der Waals surface area (Å²) < 4.78 is 1.82. The number of nitrogens with zero attached hydrogens (tertiary/aromatic N) is 3. The van der Waals surface area contributed by atoms with Crippen molar-refractivity contribution in [2.75, 3.05) is 5.32 Å². The highest BCUT2D eigenvalue weighted by atomic mass is 32.1. The fourth-order valence-electron chi connectivity index (χ4n) is 3.38. The van der Waals surface area contributed by atoms with Gasteiger partial charge in [0.2, 0.25) is 0 Å². The number of amides is 1. The van der Waals surface area contributed by atoms with Crippen molar-refractivity contribution in [3.05, 3.63) is 57.9 Å². The first-order valence-corrected chi connectivity index (χ1v) is 10.2. The van der Waals surface area contributed by atoms with Crippen molar-refractivity contribution in [3.8, 4) is 17.0 Å². The predicted molar refractivity (Wildman–Crippen MR) is 117 cm³/mol. The summed E-state index contributed by atoms with van der Waals surface area (Å²) in [5.74, 6) is -0.290. The van der Waals surface area contributed by atoms with Gasteiger partial charge < -0.3 is 10.4 Å². The van der Waals surface area contributed by atoms with Crippen LogP contribution in [0.4, 0.5) is 5.69 Å². The monoisotopic (exact) mass is 406 g/mol. The number of thiophene rings is 1. The highest BCUT2D eigenvalue weighted by Gasteiger charge is 2.20. The zero-order chi connectivity index (χ0) is 20.7. The summed E-state index contributed by atoms with van der Waals surface area (Å²) in [6, 6.07) is 10.7. The average molecular weight is 407 g/mol. The van der Waals surface area contributed by atoms with Gasteiger partial charge in [-0.25, -0.2) is 9.67 Å². The molecule has 0 spiro atoms. The number of rotatable bonds is 4. The second kappa shape index (κ2) is 7.33. The highest BCUT2D eigenvalue weighted by Crippen LogP contribution is 2.33. The van der Waals surface area contributed by atoms with E-state index in [-0.39, 0.29) is 17.7 Å². The predicted octanol–water partition coefficient (Wildman–Crippen LogP) is 5.32. The lowest BCUT2D eigenvalue weighted by atomic mass is 10.1. The Hall–Kier alpha value is -3.19. The molecule has 148 valence electrons. The third-order valence-corrected chi connectivity index (χ3v) is 5.74. The Morgan fingerprint density at radius 3 is 2.62 bits per heavy atom. The normalized spacial score (nSPS) is 11.3. The molecule has 0 fully saturated rings. The van der Waals surface area contributed by atoms with E-state index in [9.17, 15) is 9.90 Å². The number of para-hydroxylation sites is 2. The lowest BCUT2D eigenvalue weighted by Gasteiger charge is -2.11. The van der Waals surface area contributed by atoms with E-state index in [1.165, 1.54) is 10.9 Å². The molecule has 29 heavy (non-hydrogen) atoms. The summed E-state index contributed by atoms with van der Waals surface area (Å²) in [7, 11) is 0. The number of benzene rings is 1. The lowest BCUT2D eigenvalue weighted by Crippen LogP contribution is -2.13. The Morgan fingerprint density at radius 1 is 1.21 bits per heavy atom. The standard InChI is InChI=1S/C22H22N4O2S/c1-12(2)26-21-17(11-23-26)16(22(28)25-18-7-5-6-8-20(18)27)10-19(24-21)15-9-13(3)29-14(15)4/h5-12,27H,1-4H3,(H,25,28). The Bertz CT molecular complexity index is 1220. The molecule has 0 saturated carbocycles. The first-order valence-electron chi connectivity index (χ1n) is 9.40. The van der Waals surface area contributed by atoms with E-state index < -0.39 is 0 Å². The van der Waals surface area contributed by atoms with Crippen LogP contribution in [-0.4, -0.2) is 25.8 Å². The number of pyridine rings is 1. The summed E-state index contributed by atoms with van der Waals surface area (Å²) in [4.78, 5) is 20.3. The topological polar surface area (TPSA) is 80.0 Å². The molecule has 2 N–H and O–H groups in total. The number of aryl methyl sites for hydroxylation is 2. The molecule has 0 saturated heterocycles. The summed E-state index contributed by atoms with van der Waals surface area (Å²) >= 11 is 1.70. The molecule has 1 aromatic carbocycles. The number of hydrogen-bond donors (Lipinski definition) is 2. The summed E-state index contributed by atoms with van der Waals surface area (Å²) in [6.45, 7) is 8.18. The molecule has 6 nitrogen and oxygen atoms in total. The number of carbonyl (C=O) groups is 1. The van der Waals surface area contributed by atoms with Crippen molar-refractivity contribution in [2.45, 2.75) is 33.7 Å². The van der Waals surface area contributed by atoms with Gasteiger partial charge in [0.25, 0.3) is 5.91 Å². The van der Waals surface area contributed by atoms with E-state index in [1.807, 2.05) is 18.5 Å². The van der Waals surface area contributed by atoms with Crippen LogP contribution >= 0.6 is 11.3 Å². The minimum Gasteiger partial charge on any atom is -0.506 e. The van der Waals surface area contributed by atoms with Crippen LogP contribution in [0.5, 0.6) is 5.75 Å². The smallest absolute Gasteiger partial charge is 0.256 e. The fourth-order valence-corrected chi connectivity index (χ4v) is 4.31. The molecule has 3 aromatic heterocycles. The minimum absolute atomic E-state index is 0.0218. The maximum absolute atomic E-state index is 13.1. The lowest BCUT2D eigenvalue weighted by molar-refractivity contribution is 0.102. The first-order chi connectivity index (χ1) is 13.8. The van der Waals surface area contributed by atoms with Gasteiger partial charge in [0.05, 0.1) is 28.5 Å². The van der Waals surface area contributed by atoms with Gasteiger partial charge in [-0.2, -0.15) is 5.10 Å². The quantitative estimate of drug-likeness (QED) is 0.450. The van der Waals surface area contributed by atoms with Gasteiger partial charge >= 0.3 is 0 Å². The van der Waals surface area contributed by atoms with E-state index >= 15 is 0 Å². The molecule has 0 atom stereocenters. The maximum Gasteiger partial charge on any atom is 0.256 e. The van der Waals surface area contributed by atoms with Crippen LogP contribution in [0.25, 0.3) is 22.3 Å². The minimum atomic E-state index is -0.312. The van der Waals surface area contributed by atoms with Crippen molar-refractivity contribution in [1.29, 1.82) is 0 Å². The van der Waals surface area contributed by atoms with E-state index in [0.717, 1.165) is 16.1 Å². The molecule has 7 heteroatoms. The molecule has 0 aliphatic heterocycles. The SMILES string of the molecule is Cc1cc(-c2cc(C(=O)Nc3ccccc3O)c3cnn(C(C)C)c3n2)c(C)s1. The number of phenolic OH excluding ortho intramolecular Hbond substituents is 1. The van der Waals surface area contributed by atoms with Crippen molar-refractivity contribution >= 4 is 34.0 Å². The summed E-state index contributed by atoms with van der Waals surface area (Å²) in [6.07, 6.45) is 1.68. The largest absolute Gasteiger partial charge is 0.506 e. The molecule has 0 bridgehead atoms. The summed E-state index contributed by atoms with van der Waals surface area (Å²) in [5, 5.41) is 18.0. The van der Waals surface area contributed by atoms with Gasteiger partial charge in [0.1, 0.15) is 5.75 Å². The molecule has 0 radical (unpaired) electrons. The molecule has 4 aromatic rings. The third kappa shape index (κ3) is 3.49. The van der Waals surface area contributed by atoms with Crippen molar-refractivity contribution in [1.82, 2.24) is 14.8 Å². The number of aromatic hydroxyl groups is 1. The van der Waals surface area contributed by atoms with Crippen LogP contribution in [0, 0.1) is 13.8 Å². The van der Waals surface area contributed by atoms with Gasteiger partial charge in [-0.05, 0) is 52.0 Å². The van der Waals surface area contributed by atoms with E-state index in [2.05, 4.69) is 30.3 Å². The van der Waals surface area contributed by atoms with Gasteiger partial charge in [-0.15, -0.1) is 11.3 Å². The van der Waals surface area contributed by atoms with Crippen LogP contribution in [0.2, 0.25) is 0 Å². The summed E-state index contributed by atoms with van der Waals surface area (Å²) in [5.41, 5.74) is 3.26. The van der Waals surface area contributed by atoms with Crippen molar-refractivity contribution in [2.24, 2.45) is 0 Å². The molecule has 0 unspecified atom stereocenters. The molecular formula is C22H22N4O2S. The molecule has 1 amide bonds. The zero-order valence-electron chi connectivity index (χ0n) is 16.7. The van der Waals surface area contributed by atoms with Crippen LogP contribution < -0.4 is 5.32 Å². The Labute approximate surface area is 172 Å². The number of fused-ring (bicyclic) bond motifs is 1. The zero-order valence-corrected chi connectivity index (χ0v) is 17.5. The third-order valence-electron chi connectivity index (χ3n) is 4.77. The number of aromatic nitrogens is 3. The van der Waals surface area contributed by atoms with Crippen LogP contribution in [0.15, 0.2) is 42.6 Å². The number of anilines is 1. The van der Waals surface area contributed by atoms with Gasteiger partial charge in [0, 0.05) is 21.4 Å². The highest BCUT2D eigenvalue weighted by molar-refractivity contribution is 7.12. The number of carbonyl (C=O) groups excluding carboxylic acids is 1. The maximum atomic E-state index is 13.1. The van der Waals surface area contributed by atoms with E-state index in [1.54, 1.807) is 41.8 Å². The fraction of sp³-hybridized carbons (Fsp3) is 0.227. The number of nitrogens with one attached hydrogen (secondary N) is 1. The molecule has 4 rings (SSSR count). The van der Waals surface area contributed by atoms with Crippen LogP contribution in [-0.2, 0) is 0 Å². The van der Waals surface area contributed by atoms with Gasteiger partial charge in [0.15, 0.2) is 5.65 Å². The van der Waals surface area contributed by atoms with Crippen molar-refractivity contribution < 1.29 is 9.90 Å². The Morgan fingerprint density at radius 2 is 1.97 bits per heavy atom. The molecule has 3 heterocycles. The van der Waals surface area contributed by atoms with E-state index in [0.29, 0.717) is 22.3 Å². The Kier molecular flexibility index (Phi) is 4.84. The first kappa shape index (κ1) is 19.1. The van der Waals surface area contributed by atoms with E-state index in [4.69, 9.17) is 4.98 Å². The molecule has 0 aliphatic carbocycles. The number of hydrogen-bond acceptors (Lipinski definition) is 5. The van der Waals surface area contributed by atoms with Crippen LogP contribution in [0.3, 0.4) is 0 Å². The second-order valence-corrected chi connectivity index (χ2v) is 8.73. The van der Waals surface area contributed by atoms with Crippen LogP contribution in [0.1, 0.15) is 40.0 Å². The second-order valence-electron chi connectivity index (χ2n) is 7.27. The average Bonchev–Trinajstić information content (AvgIpc) is 3.25. The van der Waals surface area contributed by atoms with Gasteiger partial charge in [-0.1, -0.05) is 12.1 Å². The van der Waals surface area contributed by atoms with Gasteiger partial charge in [-0.3, -0.25) is 4.79 Å². The Balaban J connectivity index is 1.89. The molecule has 0 aliphatic rings. The molecular weight excluding hydrogens is 384 g/mol. The number of phenols is 1.